The predicted molar refractivity (Wildman–Crippen MR) is 98.1 cm³/mol. The van der Waals surface area contributed by atoms with Gasteiger partial charge in [-0.15, -0.1) is 0 Å². The van der Waals surface area contributed by atoms with Gasteiger partial charge in [0.25, 0.3) is 0 Å². The van der Waals surface area contributed by atoms with Gasteiger partial charge in [0.15, 0.2) is 0 Å². The standard InChI is InChI=1S/C20H34O5/c1-2-3-6-9-15(21)12-13-17-16(18(22)14-19(17)23)10-7-4-5-8-11-20(24)25/h4,7,12-13,15-19,21-23H,2-3,5-6,8-11,14H2,1H3,(H,24,25)/b7-4+,13-12+/t15-,16+,17?,18-,19+/m0/s1. The van der Waals surface area contributed by atoms with Crippen LogP contribution in [-0.4, -0.2) is 44.7 Å². The molecule has 0 aromatic carbocycles. The van der Waals surface area contributed by atoms with E-state index < -0.39 is 24.3 Å². The van der Waals surface area contributed by atoms with Gasteiger partial charge in [-0.2, -0.15) is 0 Å². The molecular weight excluding hydrogens is 320 g/mol. The SMILES string of the molecule is CCCCC[C@H](O)/C=C/C1[C@H](O)C[C@H](O)[C@@H]1C/C=C/CCCC(=O)O. The van der Waals surface area contributed by atoms with Crippen LogP contribution in [0.1, 0.15) is 64.7 Å². The van der Waals surface area contributed by atoms with Gasteiger partial charge >= 0.3 is 5.97 Å². The van der Waals surface area contributed by atoms with E-state index in [4.69, 9.17) is 5.11 Å². The fourth-order valence-electron chi connectivity index (χ4n) is 3.41. The van der Waals surface area contributed by atoms with Crippen molar-refractivity contribution in [1.29, 1.82) is 0 Å². The van der Waals surface area contributed by atoms with Gasteiger partial charge in [0.1, 0.15) is 0 Å². The lowest BCUT2D eigenvalue weighted by Crippen LogP contribution is -2.20. The van der Waals surface area contributed by atoms with E-state index in [2.05, 4.69) is 6.92 Å². The first-order valence-corrected chi connectivity index (χ1v) is 9.55. The van der Waals surface area contributed by atoms with Gasteiger partial charge in [0.05, 0.1) is 18.3 Å². The fraction of sp³-hybridized carbons (Fsp3) is 0.750. The topological polar surface area (TPSA) is 98.0 Å². The van der Waals surface area contributed by atoms with Gasteiger partial charge in [-0.25, -0.2) is 0 Å². The molecule has 0 bridgehead atoms. The molecule has 0 aromatic rings. The van der Waals surface area contributed by atoms with Crippen LogP contribution in [0.3, 0.4) is 0 Å². The van der Waals surface area contributed by atoms with Crippen molar-refractivity contribution in [2.24, 2.45) is 11.8 Å². The lowest BCUT2D eigenvalue weighted by atomic mass is 9.89. The van der Waals surface area contributed by atoms with Crippen molar-refractivity contribution >= 4 is 5.97 Å². The predicted octanol–water partition coefficient (Wildman–Crippen LogP) is 3.04. The highest BCUT2D eigenvalue weighted by Gasteiger charge is 2.39. The minimum atomic E-state index is -0.787. The molecule has 0 aliphatic heterocycles. The summed E-state index contributed by atoms with van der Waals surface area (Å²) in [5, 5.41) is 39.0. The summed E-state index contributed by atoms with van der Waals surface area (Å²) in [6.07, 6.45) is 12.3. The third-order valence-electron chi connectivity index (χ3n) is 4.91. The van der Waals surface area contributed by atoms with Gasteiger partial charge in [0, 0.05) is 18.8 Å². The molecule has 5 heteroatoms. The summed E-state index contributed by atoms with van der Waals surface area (Å²) < 4.78 is 0. The number of aliphatic hydroxyl groups excluding tert-OH is 3. The van der Waals surface area contributed by atoms with E-state index in [1.165, 1.54) is 0 Å². The van der Waals surface area contributed by atoms with Crippen LogP contribution in [0.4, 0.5) is 0 Å². The molecule has 0 spiro atoms. The summed E-state index contributed by atoms with van der Waals surface area (Å²) in [6.45, 7) is 2.12. The van der Waals surface area contributed by atoms with Gasteiger partial charge < -0.3 is 20.4 Å². The summed E-state index contributed by atoms with van der Waals surface area (Å²) in [7, 11) is 0. The summed E-state index contributed by atoms with van der Waals surface area (Å²) in [6, 6.07) is 0. The molecule has 1 saturated carbocycles. The van der Waals surface area contributed by atoms with Gasteiger partial charge in [-0.05, 0) is 31.6 Å². The van der Waals surface area contributed by atoms with Gasteiger partial charge in [0.2, 0.25) is 0 Å². The fourth-order valence-corrected chi connectivity index (χ4v) is 3.41. The lowest BCUT2D eigenvalue weighted by Gasteiger charge is -2.19. The molecule has 5 nitrogen and oxygen atoms in total. The van der Waals surface area contributed by atoms with Gasteiger partial charge in [-0.3, -0.25) is 4.79 Å². The quantitative estimate of drug-likeness (QED) is 0.319. The summed E-state index contributed by atoms with van der Waals surface area (Å²) >= 11 is 0. The van der Waals surface area contributed by atoms with E-state index in [9.17, 15) is 20.1 Å². The lowest BCUT2D eigenvalue weighted by molar-refractivity contribution is -0.137. The molecule has 1 fully saturated rings. The van der Waals surface area contributed by atoms with E-state index in [1.54, 1.807) is 6.08 Å². The molecule has 0 aromatic heterocycles. The maximum absolute atomic E-state index is 10.5. The van der Waals surface area contributed by atoms with E-state index in [0.29, 0.717) is 25.7 Å². The van der Waals surface area contributed by atoms with Crippen molar-refractivity contribution in [3.63, 3.8) is 0 Å². The Hall–Kier alpha value is -1.17. The Labute approximate surface area is 151 Å². The van der Waals surface area contributed by atoms with Crippen molar-refractivity contribution in [3.05, 3.63) is 24.3 Å². The number of hydrogen-bond acceptors (Lipinski definition) is 4. The molecule has 144 valence electrons. The van der Waals surface area contributed by atoms with Crippen molar-refractivity contribution < 1.29 is 25.2 Å². The second-order valence-corrected chi connectivity index (χ2v) is 7.05. The Morgan fingerprint density at radius 3 is 2.60 bits per heavy atom. The Morgan fingerprint density at radius 2 is 1.92 bits per heavy atom. The molecule has 0 amide bonds. The molecule has 1 unspecified atom stereocenters. The highest BCUT2D eigenvalue weighted by molar-refractivity contribution is 5.66. The number of carbonyl (C=O) groups is 1. The number of aliphatic carboxylic acids is 1. The minimum absolute atomic E-state index is 0.0650. The van der Waals surface area contributed by atoms with Crippen LogP contribution in [0.25, 0.3) is 0 Å². The van der Waals surface area contributed by atoms with Crippen LogP contribution < -0.4 is 0 Å². The van der Waals surface area contributed by atoms with E-state index >= 15 is 0 Å². The largest absolute Gasteiger partial charge is 0.481 e. The van der Waals surface area contributed by atoms with Crippen molar-refractivity contribution in [3.8, 4) is 0 Å². The number of carboxylic acids is 1. The van der Waals surface area contributed by atoms with E-state index in [0.717, 1.165) is 25.7 Å². The first-order valence-electron chi connectivity index (χ1n) is 9.55. The van der Waals surface area contributed by atoms with Gasteiger partial charge in [-0.1, -0.05) is 50.5 Å². The van der Waals surface area contributed by atoms with Crippen LogP contribution in [-0.2, 0) is 4.79 Å². The normalized spacial score (nSPS) is 28.2. The zero-order chi connectivity index (χ0) is 18.7. The van der Waals surface area contributed by atoms with Crippen molar-refractivity contribution in [2.75, 3.05) is 0 Å². The van der Waals surface area contributed by atoms with E-state index in [-0.39, 0.29) is 18.3 Å². The zero-order valence-corrected chi connectivity index (χ0v) is 15.3. The minimum Gasteiger partial charge on any atom is -0.481 e. The third-order valence-corrected chi connectivity index (χ3v) is 4.91. The van der Waals surface area contributed by atoms with Crippen LogP contribution in [0, 0.1) is 11.8 Å². The molecule has 0 radical (unpaired) electrons. The van der Waals surface area contributed by atoms with E-state index in [1.807, 2.05) is 18.2 Å². The average Bonchev–Trinajstić information content (AvgIpc) is 2.82. The second-order valence-electron chi connectivity index (χ2n) is 7.05. The molecule has 1 aliphatic rings. The first-order chi connectivity index (χ1) is 12.0. The average molecular weight is 354 g/mol. The summed E-state index contributed by atoms with van der Waals surface area (Å²) in [5.41, 5.74) is 0. The number of carboxylic acid groups (broad SMARTS) is 1. The Morgan fingerprint density at radius 1 is 1.16 bits per heavy atom. The second kappa shape index (κ2) is 12.2. The molecule has 25 heavy (non-hydrogen) atoms. The number of rotatable bonds is 12. The number of allylic oxidation sites excluding steroid dienone is 2. The molecule has 4 N–H and O–H groups in total. The maximum Gasteiger partial charge on any atom is 0.303 e. The first kappa shape index (κ1) is 21.9. The molecule has 0 saturated heterocycles. The summed E-state index contributed by atoms with van der Waals surface area (Å²) in [5.74, 6) is -1.00. The Kier molecular flexibility index (Phi) is 10.7. The molecular formula is C20H34O5. The number of hydrogen-bond donors (Lipinski definition) is 4. The molecule has 0 heterocycles. The third kappa shape index (κ3) is 8.66. The number of aliphatic hydroxyl groups is 3. The Bertz CT molecular complexity index is 432. The summed E-state index contributed by atoms with van der Waals surface area (Å²) in [4.78, 5) is 10.5. The highest BCUT2D eigenvalue weighted by atomic mass is 16.4. The maximum atomic E-state index is 10.5. The smallest absolute Gasteiger partial charge is 0.303 e. The number of unbranched alkanes of at least 4 members (excludes halogenated alkanes) is 3. The van der Waals surface area contributed by atoms with Crippen LogP contribution in [0.2, 0.25) is 0 Å². The Balaban J connectivity index is 2.46. The molecule has 1 rings (SSSR count). The molecule has 1 aliphatic carbocycles. The van der Waals surface area contributed by atoms with Crippen molar-refractivity contribution in [2.45, 2.75) is 83.0 Å². The van der Waals surface area contributed by atoms with Crippen LogP contribution in [0.15, 0.2) is 24.3 Å². The zero-order valence-electron chi connectivity index (χ0n) is 15.3. The van der Waals surface area contributed by atoms with Crippen LogP contribution >= 0.6 is 0 Å². The highest BCUT2D eigenvalue weighted by Crippen LogP contribution is 2.36. The molecule has 5 atom stereocenters. The van der Waals surface area contributed by atoms with Crippen molar-refractivity contribution in [1.82, 2.24) is 0 Å². The monoisotopic (exact) mass is 354 g/mol. The van der Waals surface area contributed by atoms with Crippen LogP contribution in [0.5, 0.6) is 0 Å².